The second-order valence-electron chi connectivity index (χ2n) is 4.38. The quantitative estimate of drug-likeness (QED) is 0.916. The molecule has 0 bridgehead atoms. The molecule has 0 fully saturated rings. The SMILES string of the molecule is Fc1cccc(CNc2n[c]nc3c2COCC3)c1. The van der Waals surface area contributed by atoms with Crippen LogP contribution in [0.1, 0.15) is 16.8 Å². The fourth-order valence-corrected chi connectivity index (χ4v) is 2.09. The minimum atomic E-state index is -0.237. The second kappa shape index (κ2) is 5.32. The summed E-state index contributed by atoms with van der Waals surface area (Å²) in [5, 5.41) is 3.19. The molecule has 0 spiro atoms. The van der Waals surface area contributed by atoms with Crippen molar-refractivity contribution in [1.29, 1.82) is 0 Å². The molecule has 5 heteroatoms. The number of anilines is 1. The Kier molecular flexibility index (Phi) is 3.37. The molecule has 1 aromatic carbocycles. The van der Waals surface area contributed by atoms with Gasteiger partial charge in [-0.1, -0.05) is 12.1 Å². The number of halogens is 1. The van der Waals surface area contributed by atoms with Gasteiger partial charge >= 0.3 is 0 Å². The first-order valence-electron chi connectivity index (χ1n) is 6.15. The van der Waals surface area contributed by atoms with Crippen molar-refractivity contribution >= 4 is 5.82 Å². The fourth-order valence-electron chi connectivity index (χ4n) is 2.09. The largest absolute Gasteiger partial charge is 0.376 e. The first-order valence-corrected chi connectivity index (χ1v) is 6.15. The van der Waals surface area contributed by atoms with Crippen molar-refractivity contribution in [3.05, 3.63) is 53.2 Å². The van der Waals surface area contributed by atoms with Gasteiger partial charge in [0, 0.05) is 18.5 Å². The maximum atomic E-state index is 13.1. The molecule has 0 aliphatic carbocycles. The number of benzene rings is 1. The van der Waals surface area contributed by atoms with Crippen molar-refractivity contribution in [2.24, 2.45) is 0 Å². The Morgan fingerprint density at radius 3 is 3.21 bits per heavy atom. The smallest absolute Gasteiger partial charge is 0.200 e. The van der Waals surface area contributed by atoms with E-state index in [0.717, 1.165) is 23.2 Å². The second-order valence-corrected chi connectivity index (χ2v) is 4.38. The molecule has 0 unspecified atom stereocenters. The molecule has 0 saturated heterocycles. The van der Waals surface area contributed by atoms with Crippen LogP contribution in [0.3, 0.4) is 0 Å². The molecule has 1 aliphatic rings. The number of hydrogen-bond acceptors (Lipinski definition) is 4. The van der Waals surface area contributed by atoms with E-state index in [9.17, 15) is 4.39 Å². The zero-order valence-electron chi connectivity index (χ0n) is 10.3. The minimum absolute atomic E-state index is 0.237. The van der Waals surface area contributed by atoms with Crippen LogP contribution in [0.4, 0.5) is 10.2 Å². The van der Waals surface area contributed by atoms with E-state index in [-0.39, 0.29) is 5.82 Å². The van der Waals surface area contributed by atoms with Gasteiger partial charge in [-0.3, -0.25) is 0 Å². The number of rotatable bonds is 3. The van der Waals surface area contributed by atoms with Crippen molar-refractivity contribution in [2.75, 3.05) is 11.9 Å². The predicted molar refractivity (Wildman–Crippen MR) is 68.0 cm³/mol. The maximum absolute atomic E-state index is 13.1. The van der Waals surface area contributed by atoms with Crippen LogP contribution in [0.5, 0.6) is 0 Å². The molecule has 0 saturated carbocycles. The Morgan fingerprint density at radius 2 is 2.32 bits per heavy atom. The number of hydrogen-bond donors (Lipinski definition) is 1. The van der Waals surface area contributed by atoms with Gasteiger partial charge in [-0.25, -0.2) is 14.4 Å². The van der Waals surface area contributed by atoms with E-state index in [0.29, 0.717) is 25.6 Å². The van der Waals surface area contributed by atoms with Crippen LogP contribution in [-0.2, 0) is 24.3 Å². The molecule has 19 heavy (non-hydrogen) atoms. The molecule has 0 atom stereocenters. The lowest BCUT2D eigenvalue weighted by atomic mass is 10.1. The van der Waals surface area contributed by atoms with Gasteiger partial charge in [-0.05, 0) is 17.7 Å². The van der Waals surface area contributed by atoms with E-state index in [2.05, 4.69) is 21.6 Å². The summed E-state index contributed by atoms with van der Waals surface area (Å²) in [5.41, 5.74) is 2.81. The van der Waals surface area contributed by atoms with Crippen LogP contribution in [0.15, 0.2) is 24.3 Å². The van der Waals surface area contributed by atoms with Crippen molar-refractivity contribution in [3.8, 4) is 0 Å². The molecule has 3 rings (SSSR count). The highest BCUT2D eigenvalue weighted by molar-refractivity contribution is 5.46. The lowest BCUT2D eigenvalue weighted by Gasteiger charge is -2.18. The van der Waals surface area contributed by atoms with Crippen LogP contribution in [-0.4, -0.2) is 16.6 Å². The van der Waals surface area contributed by atoms with Gasteiger partial charge in [0.05, 0.1) is 18.9 Å². The summed E-state index contributed by atoms with van der Waals surface area (Å²) in [6.45, 7) is 1.70. The Bertz CT molecular complexity index is 589. The fraction of sp³-hybridized carbons (Fsp3) is 0.286. The third-order valence-corrected chi connectivity index (χ3v) is 3.06. The van der Waals surface area contributed by atoms with Crippen LogP contribution in [0, 0.1) is 12.1 Å². The molecular formula is C14H13FN3O. The Morgan fingerprint density at radius 1 is 1.37 bits per heavy atom. The number of nitrogens with one attached hydrogen (secondary N) is 1. The van der Waals surface area contributed by atoms with Gasteiger partial charge in [-0.15, -0.1) is 0 Å². The first-order chi connectivity index (χ1) is 9.33. The number of ether oxygens (including phenoxy) is 1. The lowest BCUT2D eigenvalue weighted by molar-refractivity contribution is 0.109. The Hall–Kier alpha value is -2.01. The summed E-state index contributed by atoms with van der Waals surface area (Å²) < 4.78 is 18.5. The number of fused-ring (bicyclic) bond motifs is 1. The van der Waals surface area contributed by atoms with E-state index < -0.39 is 0 Å². The summed E-state index contributed by atoms with van der Waals surface area (Å²) in [7, 11) is 0. The molecule has 1 aromatic heterocycles. The van der Waals surface area contributed by atoms with Crippen LogP contribution in [0.2, 0.25) is 0 Å². The summed E-state index contributed by atoms with van der Waals surface area (Å²) in [6, 6.07) is 6.49. The monoisotopic (exact) mass is 258 g/mol. The number of nitrogens with zero attached hydrogens (tertiary/aromatic N) is 2. The van der Waals surface area contributed by atoms with Gasteiger partial charge in [0.15, 0.2) is 6.33 Å². The zero-order valence-corrected chi connectivity index (χ0v) is 10.3. The molecule has 0 amide bonds. The molecular weight excluding hydrogens is 245 g/mol. The summed E-state index contributed by atoms with van der Waals surface area (Å²) in [5.74, 6) is 0.480. The molecule has 4 nitrogen and oxygen atoms in total. The van der Waals surface area contributed by atoms with Gasteiger partial charge in [0.1, 0.15) is 11.6 Å². The summed E-state index contributed by atoms with van der Waals surface area (Å²) >= 11 is 0. The van der Waals surface area contributed by atoms with Gasteiger partial charge in [-0.2, -0.15) is 0 Å². The highest BCUT2D eigenvalue weighted by atomic mass is 19.1. The Labute approximate surface area is 110 Å². The highest BCUT2D eigenvalue weighted by Crippen LogP contribution is 2.21. The molecule has 1 aliphatic heterocycles. The van der Waals surface area contributed by atoms with Gasteiger partial charge in [0.2, 0.25) is 0 Å². The molecule has 97 valence electrons. The van der Waals surface area contributed by atoms with Crippen molar-refractivity contribution < 1.29 is 9.13 Å². The molecule has 1 radical (unpaired) electrons. The van der Waals surface area contributed by atoms with Crippen molar-refractivity contribution in [3.63, 3.8) is 0 Å². The lowest BCUT2D eigenvalue weighted by Crippen LogP contribution is -2.16. The third kappa shape index (κ3) is 2.71. The van der Waals surface area contributed by atoms with Gasteiger partial charge in [0.25, 0.3) is 0 Å². The average molecular weight is 258 g/mol. The topological polar surface area (TPSA) is 47.0 Å². The zero-order chi connectivity index (χ0) is 13.1. The van der Waals surface area contributed by atoms with Crippen LogP contribution >= 0.6 is 0 Å². The van der Waals surface area contributed by atoms with E-state index in [1.807, 2.05) is 6.07 Å². The normalized spacial score (nSPS) is 13.9. The summed E-state index contributed by atoms with van der Waals surface area (Å²) in [4.78, 5) is 8.24. The maximum Gasteiger partial charge on any atom is 0.200 e. The average Bonchev–Trinajstić information content (AvgIpc) is 2.45. The van der Waals surface area contributed by atoms with Crippen LogP contribution in [0.25, 0.3) is 0 Å². The molecule has 1 N–H and O–H groups in total. The van der Waals surface area contributed by atoms with Crippen molar-refractivity contribution in [1.82, 2.24) is 9.97 Å². The van der Waals surface area contributed by atoms with E-state index in [4.69, 9.17) is 4.74 Å². The standard InChI is InChI=1S/C14H13FN3O/c15-11-3-1-2-10(6-11)7-16-14-12-8-19-5-4-13(12)17-9-18-14/h1-3,6H,4-5,7-8H2,(H,16,17,18). The van der Waals surface area contributed by atoms with E-state index in [1.165, 1.54) is 12.1 Å². The van der Waals surface area contributed by atoms with E-state index in [1.54, 1.807) is 6.07 Å². The summed E-state index contributed by atoms with van der Waals surface area (Å²) in [6.07, 6.45) is 3.43. The third-order valence-electron chi connectivity index (χ3n) is 3.06. The highest BCUT2D eigenvalue weighted by Gasteiger charge is 2.15. The van der Waals surface area contributed by atoms with Crippen molar-refractivity contribution in [2.45, 2.75) is 19.6 Å². The van der Waals surface area contributed by atoms with Crippen LogP contribution < -0.4 is 5.32 Å². The predicted octanol–water partition coefficient (Wildman–Crippen LogP) is 2.10. The molecule has 2 heterocycles. The molecule has 2 aromatic rings. The number of aromatic nitrogens is 2. The first kappa shape index (κ1) is 12.0. The van der Waals surface area contributed by atoms with Gasteiger partial charge < -0.3 is 10.1 Å². The van der Waals surface area contributed by atoms with E-state index >= 15 is 0 Å². The Balaban J connectivity index is 1.77. The minimum Gasteiger partial charge on any atom is -0.376 e.